The molecule has 0 fully saturated rings. The van der Waals surface area contributed by atoms with Crippen LogP contribution < -0.4 is 14.2 Å². The van der Waals surface area contributed by atoms with Crippen LogP contribution in [-0.4, -0.2) is 29.9 Å². The van der Waals surface area contributed by atoms with Gasteiger partial charge < -0.3 is 14.2 Å². The molecular weight excluding hydrogens is 1830 g/mol. The first-order chi connectivity index (χ1) is 74.3. The summed E-state index contributed by atoms with van der Waals surface area (Å²) < 4.78 is 20.3. The molecule has 150 heavy (non-hydrogen) atoms. The zero-order valence-corrected chi connectivity index (χ0v) is 81.8. The Kier molecular flexibility index (Phi) is 24.7. The summed E-state index contributed by atoms with van der Waals surface area (Å²) >= 11 is 0. The van der Waals surface area contributed by atoms with Crippen molar-refractivity contribution in [2.75, 3.05) is 0 Å². The number of ether oxygens (including phenoxy) is 3. The van der Waals surface area contributed by atoms with Gasteiger partial charge in [0.1, 0.15) is 34.5 Å². The average Bonchev–Trinajstić information content (AvgIpc) is 0.703. The number of para-hydroxylation sites is 4. The molecule has 24 aromatic rings. The Bertz CT molecular complexity index is 8670. The molecule has 9 nitrogen and oxygen atoms in total. The van der Waals surface area contributed by atoms with E-state index in [2.05, 4.69) is 461 Å². The molecule has 0 unspecified atom stereocenters. The maximum atomic E-state index is 6.93. The number of benzene rings is 21. The molecule has 0 amide bonds. The van der Waals surface area contributed by atoms with Crippen molar-refractivity contribution in [3.8, 4) is 170 Å². The highest BCUT2D eigenvalue weighted by Gasteiger charge is 2.49. The molecule has 3 aliphatic rings. The van der Waals surface area contributed by atoms with Gasteiger partial charge in [0.2, 0.25) is 0 Å². The monoisotopic (exact) mass is 1920 g/mol. The maximum absolute atomic E-state index is 6.93. The summed E-state index contributed by atoms with van der Waals surface area (Å²) in [5.74, 6) is 7.20. The molecule has 0 atom stereocenters. The molecule has 27 rings (SSSR count). The first-order valence-corrected chi connectivity index (χ1v) is 50.7. The van der Waals surface area contributed by atoms with Gasteiger partial charge in [-0.25, -0.2) is 29.9 Å². The lowest BCUT2D eigenvalue weighted by molar-refractivity contribution is 0.434. The van der Waals surface area contributed by atoms with Crippen LogP contribution in [0.25, 0.3) is 135 Å². The van der Waals surface area contributed by atoms with Crippen molar-refractivity contribution in [3.05, 3.63) is 649 Å². The molecule has 3 aliphatic heterocycles. The SMILES string of the molecule is c1ccc(-c2cc(-c3ccccc3)nc(-c3ccc(-c4ccc5c(c4)C(c4ccccc4)(c4ccccc4)c4ccccc4O5)cc3)n2)cc1.c1ccc(-c2cc(-c3ccccc3)nc(-c3ccc(-c4ccc5c(c4)Oc4ccccc4C5(c4ccccc4)c4ccccc4)cc3)n2)cc1.c1ccc(-c2cc(-c3ccccc3)nc(-c3cccc(-c4cccc5c4Oc4ccccc4C5(c4ccccc4)c4ccccc4)c3)n2)cc1. The second-order valence-electron chi connectivity index (χ2n) is 37.7. The lowest BCUT2D eigenvalue weighted by Gasteiger charge is -2.42. The standard InChI is InChI=1S/3C47H32N2O/c1-5-17-33(18-6-1)42-32-43(34-19-7-2-8-20-34)49-46(48-42)36-22-15-21-35(31-36)39-27-16-29-41-45(39)50-44-30-14-13-28-40(44)47(41,37-23-9-3-10-24-37)38-25-11-4-12-26-38;1-5-15-34(16-6-1)42-32-43(35-17-7-2-8-18-35)49-46(48-42)36-27-25-33(26-28-36)37-29-30-45-41(31-37)47(38-19-9-3-10-20-38,39-21-11-4-12-22-39)40-23-13-14-24-44(40)50-45;1-5-15-34(16-6-1)42-32-43(35-17-7-2-8-18-35)49-46(48-42)36-27-25-33(26-28-36)37-29-30-41-45(31-37)50-44-24-14-13-23-40(44)47(41,38-19-9-3-10-20-38)39-21-11-4-12-22-39/h3*1-32H. The van der Waals surface area contributed by atoms with Gasteiger partial charge >= 0.3 is 0 Å². The van der Waals surface area contributed by atoms with Crippen molar-refractivity contribution in [1.29, 1.82) is 0 Å². The third-order valence-corrected chi connectivity index (χ3v) is 28.9. The smallest absolute Gasteiger partial charge is 0.160 e. The highest BCUT2D eigenvalue weighted by Crippen LogP contribution is 2.61. The molecule has 0 aliphatic carbocycles. The number of hydrogen-bond acceptors (Lipinski definition) is 9. The van der Waals surface area contributed by atoms with Gasteiger partial charge in [-0.05, 0) is 122 Å². The Morgan fingerprint density at radius 3 is 0.713 bits per heavy atom. The van der Waals surface area contributed by atoms with Crippen molar-refractivity contribution in [2.45, 2.75) is 16.2 Å². The summed E-state index contributed by atoms with van der Waals surface area (Å²) in [4.78, 5) is 30.3. The fourth-order valence-corrected chi connectivity index (χ4v) is 21.9. The largest absolute Gasteiger partial charge is 0.457 e. The summed E-state index contributed by atoms with van der Waals surface area (Å²) in [6.45, 7) is 0. The number of nitrogens with zero attached hydrogens (tertiary/aromatic N) is 6. The molecule has 0 bridgehead atoms. The van der Waals surface area contributed by atoms with Gasteiger partial charge in [0.25, 0.3) is 0 Å². The highest BCUT2D eigenvalue weighted by atomic mass is 16.5. The summed E-state index contributed by atoms with van der Waals surface area (Å²) in [6.07, 6.45) is 0. The van der Waals surface area contributed by atoms with Gasteiger partial charge in [-0.3, -0.25) is 0 Å². The predicted molar refractivity (Wildman–Crippen MR) is 606 cm³/mol. The van der Waals surface area contributed by atoms with Crippen LogP contribution in [0, 0.1) is 0 Å². The van der Waals surface area contributed by atoms with E-state index in [4.69, 9.17) is 44.1 Å². The Labute approximate surface area is 872 Å². The number of aromatic nitrogens is 6. The maximum Gasteiger partial charge on any atom is 0.160 e. The molecule has 0 spiro atoms. The zero-order valence-electron chi connectivity index (χ0n) is 81.8. The first-order valence-electron chi connectivity index (χ1n) is 50.7. The summed E-state index contributed by atoms with van der Waals surface area (Å²) in [5, 5.41) is 0. The molecule has 708 valence electrons. The minimum absolute atomic E-state index is 0.535. The van der Waals surface area contributed by atoms with Crippen LogP contribution in [0.2, 0.25) is 0 Å². The van der Waals surface area contributed by atoms with Gasteiger partial charge in [-0.15, -0.1) is 0 Å². The minimum Gasteiger partial charge on any atom is -0.457 e. The van der Waals surface area contributed by atoms with Crippen LogP contribution >= 0.6 is 0 Å². The normalized spacial score (nSPS) is 12.7. The number of rotatable bonds is 18. The van der Waals surface area contributed by atoms with Gasteiger partial charge in [0.15, 0.2) is 17.5 Å². The van der Waals surface area contributed by atoms with E-state index in [0.29, 0.717) is 17.5 Å². The number of hydrogen-bond donors (Lipinski definition) is 0. The molecule has 21 aromatic carbocycles. The van der Waals surface area contributed by atoms with Gasteiger partial charge in [-0.2, -0.15) is 0 Å². The van der Waals surface area contributed by atoms with E-state index in [9.17, 15) is 0 Å². The zero-order chi connectivity index (χ0) is 100.0. The van der Waals surface area contributed by atoms with Crippen molar-refractivity contribution in [3.63, 3.8) is 0 Å². The van der Waals surface area contributed by atoms with E-state index in [0.717, 1.165) is 185 Å². The van der Waals surface area contributed by atoms with Crippen LogP contribution in [-0.2, 0) is 16.2 Å². The molecule has 3 aromatic heterocycles. The Morgan fingerprint density at radius 2 is 0.360 bits per heavy atom. The van der Waals surface area contributed by atoms with Crippen LogP contribution in [0.3, 0.4) is 0 Å². The Hall–Kier alpha value is -19.7. The quantitative estimate of drug-likeness (QED) is 0.0830. The van der Waals surface area contributed by atoms with E-state index in [-0.39, 0.29) is 0 Å². The topological polar surface area (TPSA) is 105 Å². The highest BCUT2D eigenvalue weighted by molar-refractivity contribution is 5.86. The first kappa shape index (κ1) is 91.5. The van der Waals surface area contributed by atoms with Gasteiger partial charge in [0.05, 0.1) is 50.4 Å². The molecule has 9 heteroatoms. The average molecular weight is 1920 g/mol. The summed E-state index contributed by atoms with van der Waals surface area (Å²) in [5.41, 5.74) is 33.1. The lowest BCUT2D eigenvalue weighted by Crippen LogP contribution is -2.34. The summed E-state index contributed by atoms with van der Waals surface area (Å²) in [7, 11) is 0. The second-order valence-corrected chi connectivity index (χ2v) is 37.7. The van der Waals surface area contributed by atoms with E-state index in [1.54, 1.807) is 0 Å². The Balaban J connectivity index is 0.000000116. The van der Waals surface area contributed by atoms with E-state index >= 15 is 0 Å². The molecule has 0 saturated heterocycles. The Morgan fingerprint density at radius 1 is 0.127 bits per heavy atom. The van der Waals surface area contributed by atoms with Gasteiger partial charge in [-0.1, -0.05) is 522 Å². The van der Waals surface area contributed by atoms with Crippen LogP contribution in [0.1, 0.15) is 66.8 Å². The van der Waals surface area contributed by atoms with E-state index in [1.165, 1.54) is 33.4 Å². The fourth-order valence-electron chi connectivity index (χ4n) is 21.9. The third kappa shape index (κ3) is 17.2. The molecule has 0 saturated carbocycles. The molecule has 6 heterocycles. The van der Waals surface area contributed by atoms with Crippen molar-refractivity contribution < 1.29 is 14.2 Å². The van der Waals surface area contributed by atoms with Crippen LogP contribution in [0.4, 0.5) is 0 Å². The third-order valence-electron chi connectivity index (χ3n) is 28.9. The van der Waals surface area contributed by atoms with Crippen LogP contribution in [0.5, 0.6) is 34.5 Å². The molecule has 0 N–H and O–H groups in total. The molecular formula is C141H96N6O3. The minimum atomic E-state index is -0.585. The predicted octanol–water partition coefficient (Wildman–Crippen LogP) is 34.9. The van der Waals surface area contributed by atoms with Crippen molar-refractivity contribution >= 4 is 0 Å². The lowest BCUT2D eigenvalue weighted by atomic mass is 9.63. The van der Waals surface area contributed by atoms with Crippen molar-refractivity contribution in [1.82, 2.24) is 29.9 Å². The van der Waals surface area contributed by atoms with Crippen LogP contribution in [0.15, 0.2) is 582 Å². The van der Waals surface area contributed by atoms with E-state index in [1.807, 2.05) is 121 Å². The van der Waals surface area contributed by atoms with E-state index < -0.39 is 16.2 Å². The van der Waals surface area contributed by atoms with Crippen molar-refractivity contribution in [2.24, 2.45) is 0 Å². The second kappa shape index (κ2) is 40.5. The molecule has 0 radical (unpaired) electrons. The van der Waals surface area contributed by atoms with Gasteiger partial charge in [0, 0.05) is 89.0 Å². The number of fused-ring (bicyclic) bond motifs is 6. The fraction of sp³-hybridized carbons (Fsp3) is 0.0213. The summed E-state index contributed by atoms with van der Waals surface area (Å²) in [6, 6.07) is 203.